The molecule has 2 aromatic carbocycles. The zero-order valence-corrected chi connectivity index (χ0v) is 12.0. The van der Waals surface area contributed by atoms with Crippen molar-refractivity contribution >= 4 is 0 Å². The summed E-state index contributed by atoms with van der Waals surface area (Å²) in [4.78, 5) is 0. The van der Waals surface area contributed by atoms with E-state index in [9.17, 15) is 5.11 Å². The Morgan fingerprint density at radius 2 is 1.86 bits per heavy atom. The summed E-state index contributed by atoms with van der Waals surface area (Å²) in [5.41, 5.74) is 2.10. The van der Waals surface area contributed by atoms with Crippen LogP contribution in [-0.4, -0.2) is 17.7 Å². The minimum atomic E-state index is -0.435. The maximum absolute atomic E-state index is 10.3. The number of nitrogens with one attached hydrogen (secondary N) is 1. The fourth-order valence-corrected chi connectivity index (χ4v) is 2.72. The highest BCUT2D eigenvalue weighted by molar-refractivity contribution is 5.29. The molecular weight excluding hydrogens is 262 g/mol. The van der Waals surface area contributed by atoms with Crippen molar-refractivity contribution in [1.29, 1.82) is 0 Å². The maximum Gasteiger partial charge on any atom is 0.119 e. The molecule has 3 rings (SSSR count). The number of hydrogen-bond donors (Lipinski definition) is 2. The second-order valence-corrected chi connectivity index (χ2v) is 5.49. The Morgan fingerprint density at radius 1 is 1.10 bits per heavy atom. The first-order valence-corrected chi connectivity index (χ1v) is 7.51. The van der Waals surface area contributed by atoms with Crippen LogP contribution >= 0.6 is 0 Å². The fourth-order valence-electron chi connectivity index (χ4n) is 2.72. The van der Waals surface area contributed by atoms with Gasteiger partial charge >= 0.3 is 0 Å². The lowest BCUT2D eigenvalue weighted by atomic mass is 10.0. The lowest BCUT2D eigenvalue weighted by molar-refractivity contribution is 0.137. The minimum Gasteiger partial charge on any atom is -0.489 e. The summed E-state index contributed by atoms with van der Waals surface area (Å²) in [6.07, 6.45) is 1.74. The van der Waals surface area contributed by atoms with Gasteiger partial charge in [0.15, 0.2) is 0 Å². The first kappa shape index (κ1) is 14.1. The normalized spacial score (nSPS) is 19.4. The predicted octanol–water partition coefficient (Wildman–Crippen LogP) is 3.05. The summed E-state index contributed by atoms with van der Waals surface area (Å²) in [5, 5.41) is 13.7. The predicted molar refractivity (Wildman–Crippen MR) is 83.2 cm³/mol. The Labute approximate surface area is 125 Å². The molecule has 0 bridgehead atoms. The lowest BCUT2D eigenvalue weighted by Crippen LogP contribution is -2.28. The zero-order chi connectivity index (χ0) is 14.5. The van der Waals surface area contributed by atoms with E-state index >= 15 is 0 Å². The van der Waals surface area contributed by atoms with Crippen LogP contribution < -0.4 is 10.1 Å². The van der Waals surface area contributed by atoms with Crippen LogP contribution in [0.2, 0.25) is 0 Å². The van der Waals surface area contributed by atoms with E-state index < -0.39 is 6.10 Å². The number of benzene rings is 2. The molecule has 0 aromatic heterocycles. The first-order valence-electron chi connectivity index (χ1n) is 7.51. The van der Waals surface area contributed by atoms with E-state index in [2.05, 4.69) is 5.32 Å². The molecule has 2 unspecified atom stereocenters. The summed E-state index contributed by atoms with van der Waals surface area (Å²) in [7, 11) is 0. The van der Waals surface area contributed by atoms with Crippen molar-refractivity contribution in [3.8, 4) is 5.75 Å². The van der Waals surface area contributed by atoms with Crippen molar-refractivity contribution in [2.45, 2.75) is 31.6 Å². The van der Waals surface area contributed by atoms with Crippen LogP contribution in [0.1, 0.15) is 30.1 Å². The molecule has 21 heavy (non-hydrogen) atoms. The van der Waals surface area contributed by atoms with Crippen molar-refractivity contribution in [2.24, 2.45) is 0 Å². The van der Waals surface area contributed by atoms with Gasteiger partial charge in [0.2, 0.25) is 0 Å². The number of rotatable bonds is 5. The number of aliphatic hydroxyl groups excluding tert-OH is 1. The fraction of sp³-hybridized carbons (Fsp3) is 0.333. The second-order valence-electron chi connectivity index (χ2n) is 5.49. The van der Waals surface area contributed by atoms with Crippen LogP contribution in [0.3, 0.4) is 0 Å². The van der Waals surface area contributed by atoms with Gasteiger partial charge in [0.25, 0.3) is 0 Å². The molecule has 0 aliphatic carbocycles. The monoisotopic (exact) mass is 283 g/mol. The number of aliphatic hydroxyl groups is 1. The summed E-state index contributed by atoms with van der Waals surface area (Å²) >= 11 is 0. The van der Waals surface area contributed by atoms with E-state index in [4.69, 9.17) is 4.74 Å². The van der Waals surface area contributed by atoms with E-state index in [0.29, 0.717) is 6.61 Å². The topological polar surface area (TPSA) is 41.5 Å². The highest BCUT2D eigenvalue weighted by Crippen LogP contribution is 2.24. The molecule has 1 heterocycles. The highest BCUT2D eigenvalue weighted by Gasteiger charge is 2.23. The molecule has 0 radical (unpaired) electrons. The molecule has 0 spiro atoms. The van der Waals surface area contributed by atoms with Gasteiger partial charge < -0.3 is 15.2 Å². The Balaban J connectivity index is 1.58. The second kappa shape index (κ2) is 6.74. The third-order valence-electron chi connectivity index (χ3n) is 3.95. The van der Waals surface area contributed by atoms with Gasteiger partial charge in [-0.25, -0.2) is 0 Å². The van der Waals surface area contributed by atoms with Crippen LogP contribution in [0.5, 0.6) is 5.75 Å². The SMILES string of the molecule is OC(c1ccc(OCc2ccccc2)cc1)C1CCCN1. The molecule has 1 aliphatic rings. The Hall–Kier alpha value is -1.84. The van der Waals surface area contributed by atoms with Gasteiger partial charge in [-0.3, -0.25) is 0 Å². The first-order chi connectivity index (χ1) is 10.3. The van der Waals surface area contributed by atoms with Gasteiger partial charge in [-0.1, -0.05) is 42.5 Å². The molecule has 3 heteroatoms. The molecule has 1 saturated heterocycles. The van der Waals surface area contributed by atoms with E-state index in [1.807, 2.05) is 54.6 Å². The van der Waals surface area contributed by atoms with Crippen LogP contribution in [0.25, 0.3) is 0 Å². The average Bonchev–Trinajstić information content (AvgIpc) is 3.08. The molecule has 1 fully saturated rings. The molecule has 2 aromatic rings. The third kappa shape index (κ3) is 3.63. The van der Waals surface area contributed by atoms with Crippen molar-refractivity contribution in [3.63, 3.8) is 0 Å². The van der Waals surface area contributed by atoms with Crippen LogP contribution in [0, 0.1) is 0 Å². The highest BCUT2D eigenvalue weighted by atomic mass is 16.5. The zero-order valence-electron chi connectivity index (χ0n) is 12.0. The number of ether oxygens (including phenoxy) is 1. The van der Waals surface area contributed by atoms with Crippen molar-refractivity contribution < 1.29 is 9.84 Å². The Bertz CT molecular complexity index is 547. The summed E-state index contributed by atoms with van der Waals surface area (Å²) < 4.78 is 5.76. The van der Waals surface area contributed by atoms with Gasteiger partial charge in [-0.15, -0.1) is 0 Å². The standard InChI is InChI=1S/C18H21NO2/c20-18(17-7-4-12-19-17)15-8-10-16(11-9-15)21-13-14-5-2-1-3-6-14/h1-3,5-6,8-11,17-20H,4,7,12-13H2. The van der Waals surface area contributed by atoms with E-state index in [1.165, 1.54) is 0 Å². The maximum atomic E-state index is 10.3. The summed E-state index contributed by atoms with van der Waals surface area (Å²) in [6.45, 7) is 1.56. The minimum absolute atomic E-state index is 0.182. The molecule has 0 amide bonds. The molecule has 2 N–H and O–H groups in total. The molecule has 3 nitrogen and oxygen atoms in total. The lowest BCUT2D eigenvalue weighted by Gasteiger charge is -2.18. The van der Waals surface area contributed by atoms with Crippen molar-refractivity contribution in [3.05, 3.63) is 65.7 Å². The number of hydrogen-bond acceptors (Lipinski definition) is 3. The van der Waals surface area contributed by atoms with Gasteiger partial charge in [0, 0.05) is 6.04 Å². The van der Waals surface area contributed by atoms with E-state index in [0.717, 1.165) is 36.3 Å². The Morgan fingerprint density at radius 3 is 2.52 bits per heavy atom. The average molecular weight is 283 g/mol. The van der Waals surface area contributed by atoms with Gasteiger partial charge in [-0.2, -0.15) is 0 Å². The smallest absolute Gasteiger partial charge is 0.119 e. The molecule has 110 valence electrons. The summed E-state index contributed by atoms with van der Waals surface area (Å²) in [6, 6.07) is 18.0. The van der Waals surface area contributed by atoms with Crippen LogP contribution in [0.15, 0.2) is 54.6 Å². The van der Waals surface area contributed by atoms with Gasteiger partial charge in [0.1, 0.15) is 12.4 Å². The van der Waals surface area contributed by atoms with Gasteiger partial charge in [0.05, 0.1) is 6.10 Å². The summed E-state index contributed by atoms with van der Waals surface area (Å²) in [5.74, 6) is 0.828. The van der Waals surface area contributed by atoms with Crippen molar-refractivity contribution in [2.75, 3.05) is 6.54 Å². The Kier molecular flexibility index (Phi) is 4.53. The molecule has 0 saturated carbocycles. The van der Waals surface area contributed by atoms with Gasteiger partial charge in [-0.05, 0) is 42.6 Å². The van der Waals surface area contributed by atoms with E-state index in [-0.39, 0.29) is 6.04 Å². The van der Waals surface area contributed by atoms with E-state index in [1.54, 1.807) is 0 Å². The molecular formula is C18H21NO2. The quantitative estimate of drug-likeness (QED) is 0.886. The van der Waals surface area contributed by atoms with Crippen LogP contribution in [0.4, 0.5) is 0 Å². The molecule has 2 atom stereocenters. The molecule has 1 aliphatic heterocycles. The van der Waals surface area contributed by atoms with Crippen molar-refractivity contribution in [1.82, 2.24) is 5.32 Å². The van der Waals surface area contributed by atoms with Crippen LogP contribution in [-0.2, 0) is 6.61 Å². The largest absolute Gasteiger partial charge is 0.489 e. The third-order valence-corrected chi connectivity index (χ3v) is 3.95.